The van der Waals surface area contributed by atoms with Crippen LogP contribution in [0.5, 0.6) is 0 Å². The van der Waals surface area contributed by atoms with Crippen molar-refractivity contribution in [3.05, 3.63) is 69.2 Å². The molecule has 1 aliphatic rings. The van der Waals surface area contributed by atoms with Crippen LogP contribution >= 0.6 is 23.2 Å². The molecule has 120 valence electrons. The Bertz CT molecular complexity index is 720. The molecule has 1 aliphatic carbocycles. The minimum Gasteiger partial charge on any atom is -0.283 e. The van der Waals surface area contributed by atoms with Crippen LogP contribution < -0.4 is 5.43 Å². The lowest BCUT2D eigenvalue weighted by Gasteiger charge is -2.34. The molecule has 2 unspecified atom stereocenters. The quantitative estimate of drug-likeness (QED) is 0.649. The predicted octanol–water partition coefficient (Wildman–Crippen LogP) is 4.55. The molecule has 2 atom stereocenters. The summed E-state index contributed by atoms with van der Waals surface area (Å²) >= 11 is 12.2. The lowest BCUT2D eigenvalue weighted by atomic mass is 9.77. The van der Waals surface area contributed by atoms with Crippen LogP contribution in [-0.4, -0.2) is 18.5 Å². The van der Waals surface area contributed by atoms with E-state index in [0.717, 1.165) is 19.3 Å². The highest BCUT2D eigenvalue weighted by atomic mass is 35.5. The fourth-order valence-electron chi connectivity index (χ4n) is 3.28. The van der Waals surface area contributed by atoms with Crippen molar-refractivity contribution in [2.45, 2.75) is 24.8 Å². The number of benzene rings is 2. The van der Waals surface area contributed by atoms with Gasteiger partial charge in [0.25, 0.3) is 0 Å². The number of amides is 1. The Hall–Kier alpha value is -1.55. The van der Waals surface area contributed by atoms with E-state index >= 15 is 0 Å². The Labute approximate surface area is 146 Å². The van der Waals surface area contributed by atoms with Gasteiger partial charge in [0.1, 0.15) is 0 Å². The number of carbonyl (C=O) groups is 1. The molecule has 0 aliphatic heterocycles. The number of nitrogens with one attached hydrogen (secondary N) is 1. The zero-order valence-electron chi connectivity index (χ0n) is 12.8. The molecule has 1 amide bonds. The SMILES string of the molecule is CN(C=O)NC1CCC(c2ccc(Cl)c(Cl)c2)c2ccccc21. The number of hydrogen-bond donors (Lipinski definition) is 1. The first-order chi connectivity index (χ1) is 11.1. The molecule has 3 rings (SSSR count). The molecule has 0 aromatic heterocycles. The van der Waals surface area contributed by atoms with Crippen molar-refractivity contribution >= 4 is 29.6 Å². The second kappa shape index (κ2) is 6.91. The van der Waals surface area contributed by atoms with E-state index in [0.29, 0.717) is 16.0 Å². The normalized spacial score (nSPS) is 20.0. The van der Waals surface area contributed by atoms with Crippen LogP contribution in [0.4, 0.5) is 0 Å². The second-order valence-corrected chi connectivity index (χ2v) is 6.64. The van der Waals surface area contributed by atoms with E-state index in [1.165, 1.54) is 21.7 Å². The molecule has 0 spiro atoms. The van der Waals surface area contributed by atoms with E-state index in [2.05, 4.69) is 23.6 Å². The van der Waals surface area contributed by atoms with Crippen LogP contribution in [0.2, 0.25) is 10.0 Å². The maximum Gasteiger partial charge on any atom is 0.223 e. The number of nitrogens with zero attached hydrogens (tertiary/aromatic N) is 1. The predicted molar refractivity (Wildman–Crippen MR) is 93.7 cm³/mol. The monoisotopic (exact) mass is 348 g/mol. The van der Waals surface area contributed by atoms with Crippen molar-refractivity contribution in [1.82, 2.24) is 10.4 Å². The zero-order chi connectivity index (χ0) is 16.4. The number of halogens is 2. The third-order valence-corrected chi connectivity index (χ3v) is 5.09. The minimum absolute atomic E-state index is 0.139. The van der Waals surface area contributed by atoms with E-state index in [-0.39, 0.29) is 6.04 Å². The number of hydrazine groups is 1. The number of rotatable bonds is 4. The van der Waals surface area contributed by atoms with Crippen molar-refractivity contribution in [2.75, 3.05) is 7.05 Å². The van der Waals surface area contributed by atoms with Crippen LogP contribution in [0, 0.1) is 0 Å². The fraction of sp³-hybridized carbons (Fsp3) is 0.278. The van der Waals surface area contributed by atoms with Gasteiger partial charge in [0.2, 0.25) is 6.41 Å². The van der Waals surface area contributed by atoms with Crippen molar-refractivity contribution in [1.29, 1.82) is 0 Å². The molecule has 0 saturated heterocycles. The van der Waals surface area contributed by atoms with Crippen LogP contribution in [-0.2, 0) is 4.79 Å². The molecule has 0 heterocycles. The summed E-state index contributed by atoms with van der Waals surface area (Å²) in [6.45, 7) is 0. The van der Waals surface area contributed by atoms with Crippen LogP contribution in [0.25, 0.3) is 0 Å². The number of carbonyl (C=O) groups excluding carboxylic acids is 1. The van der Waals surface area contributed by atoms with E-state index in [4.69, 9.17) is 23.2 Å². The van der Waals surface area contributed by atoms with Gasteiger partial charge >= 0.3 is 0 Å². The maximum atomic E-state index is 10.9. The molecule has 2 aromatic rings. The smallest absolute Gasteiger partial charge is 0.223 e. The molecule has 5 heteroatoms. The fourth-order valence-corrected chi connectivity index (χ4v) is 3.58. The van der Waals surface area contributed by atoms with Gasteiger partial charge in [-0.25, -0.2) is 5.43 Å². The Balaban J connectivity index is 1.96. The highest BCUT2D eigenvalue weighted by Crippen LogP contribution is 2.42. The van der Waals surface area contributed by atoms with Gasteiger partial charge in [-0.15, -0.1) is 0 Å². The first-order valence-corrected chi connectivity index (χ1v) is 8.34. The second-order valence-electron chi connectivity index (χ2n) is 5.83. The van der Waals surface area contributed by atoms with Gasteiger partial charge in [0, 0.05) is 13.0 Å². The number of hydrogen-bond acceptors (Lipinski definition) is 2. The maximum absolute atomic E-state index is 10.9. The lowest BCUT2D eigenvalue weighted by molar-refractivity contribution is -0.120. The van der Waals surface area contributed by atoms with Crippen LogP contribution in [0.3, 0.4) is 0 Å². The third kappa shape index (κ3) is 3.37. The first kappa shape index (κ1) is 16.3. The Kier molecular flexibility index (Phi) is 4.90. The average Bonchev–Trinajstić information content (AvgIpc) is 2.57. The Morgan fingerprint density at radius 2 is 1.83 bits per heavy atom. The van der Waals surface area contributed by atoms with Gasteiger partial charge in [-0.2, -0.15) is 0 Å². The standard InChI is InChI=1S/C18H18Cl2N2O/c1-22(11-23)21-18-9-7-13(14-4-2-3-5-15(14)18)12-6-8-16(19)17(20)10-12/h2-6,8,10-11,13,18,21H,7,9H2,1H3. The van der Waals surface area contributed by atoms with Gasteiger partial charge in [0.15, 0.2) is 0 Å². The summed E-state index contributed by atoms with van der Waals surface area (Å²) in [7, 11) is 1.72. The van der Waals surface area contributed by atoms with Crippen molar-refractivity contribution in [3.63, 3.8) is 0 Å². The van der Waals surface area contributed by atoms with E-state index in [9.17, 15) is 4.79 Å². The van der Waals surface area contributed by atoms with Crippen molar-refractivity contribution in [2.24, 2.45) is 0 Å². The molecule has 0 radical (unpaired) electrons. The summed E-state index contributed by atoms with van der Waals surface area (Å²) in [5.74, 6) is 0.292. The molecule has 0 saturated carbocycles. The van der Waals surface area contributed by atoms with E-state index in [1.807, 2.05) is 24.3 Å². The summed E-state index contributed by atoms with van der Waals surface area (Å²) < 4.78 is 0. The Morgan fingerprint density at radius 1 is 1.09 bits per heavy atom. The van der Waals surface area contributed by atoms with Gasteiger partial charge in [-0.05, 0) is 41.7 Å². The number of fused-ring (bicyclic) bond motifs is 1. The zero-order valence-corrected chi connectivity index (χ0v) is 14.3. The molecule has 0 bridgehead atoms. The van der Waals surface area contributed by atoms with Crippen molar-refractivity contribution in [3.8, 4) is 0 Å². The molecule has 2 aromatic carbocycles. The summed E-state index contributed by atoms with van der Waals surface area (Å²) in [5, 5.41) is 2.63. The van der Waals surface area contributed by atoms with Gasteiger partial charge in [0.05, 0.1) is 16.1 Å². The average molecular weight is 349 g/mol. The first-order valence-electron chi connectivity index (χ1n) is 7.58. The van der Waals surface area contributed by atoms with Crippen LogP contribution in [0.1, 0.15) is 41.5 Å². The molecular weight excluding hydrogens is 331 g/mol. The highest BCUT2D eigenvalue weighted by Gasteiger charge is 2.28. The molecule has 3 nitrogen and oxygen atoms in total. The highest BCUT2D eigenvalue weighted by molar-refractivity contribution is 6.42. The molecular formula is C18H18Cl2N2O. The van der Waals surface area contributed by atoms with E-state index in [1.54, 1.807) is 7.05 Å². The topological polar surface area (TPSA) is 32.3 Å². The van der Waals surface area contributed by atoms with Gasteiger partial charge < -0.3 is 0 Å². The summed E-state index contributed by atoms with van der Waals surface area (Å²) in [4.78, 5) is 10.9. The molecule has 0 fully saturated rings. The van der Waals surface area contributed by atoms with Crippen LogP contribution in [0.15, 0.2) is 42.5 Å². The minimum atomic E-state index is 0.139. The third-order valence-electron chi connectivity index (χ3n) is 4.35. The summed E-state index contributed by atoms with van der Waals surface area (Å²) in [6, 6.07) is 14.3. The summed E-state index contributed by atoms with van der Waals surface area (Å²) in [6.07, 6.45) is 2.72. The largest absolute Gasteiger partial charge is 0.283 e. The summed E-state index contributed by atoms with van der Waals surface area (Å²) in [5.41, 5.74) is 6.91. The molecule has 23 heavy (non-hydrogen) atoms. The van der Waals surface area contributed by atoms with E-state index < -0.39 is 0 Å². The van der Waals surface area contributed by atoms with Gasteiger partial charge in [-0.3, -0.25) is 9.80 Å². The lowest BCUT2D eigenvalue weighted by Crippen LogP contribution is -2.38. The molecule has 1 N–H and O–H groups in total. The Morgan fingerprint density at radius 3 is 2.52 bits per heavy atom. The van der Waals surface area contributed by atoms with Gasteiger partial charge in [-0.1, -0.05) is 53.5 Å². The van der Waals surface area contributed by atoms with Crippen molar-refractivity contribution < 1.29 is 4.79 Å².